The minimum atomic E-state index is -0.0353. The molecule has 1 aromatic carbocycles. The third-order valence-corrected chi connectivity index (χ3v) is 3.54. The lowest BCUT2D eigenvalue weighted by Crippen LogP contribution is -2.13. The number of halogens is 1. The number of aryl methyl sites for hydroxylation is 2. The molecule has 1 N–H and O–H groups in total. The van der Waals surface area contributed by atoms with Gasteiger partial charge in [0.05, 0.1) is 11.9 Å². The molecule has 108 valence electrons. The molecule has 0 unspecified atom stereocenters. The second kappa shape index (κ2) is 5.61. The van der Waals surface area contributed by atoms with E-state index in [-0.39, 0.29) is 5.91 Å². The minimum absolute atomic E-state index is 0.0353. The van der Waals surface area contributed by atoms with E-state index in [4.69, 9.17) is 11.6 Å². The van der Waals surface area contributed by atoms with E-state index in [2.05, 4.69) is 10.4 Å². The number of hydrogen-bond donors (Lipinski definition) is 1. The van der Waals surface area contributed by atoms with Crippen LogP contribution in [0.2, 0.25) is 5.02 Å². The molecule has 1 amide bonds. The minimum Gasteiger partial charge on any atom is -0.347 e. The second-order valence-electron chi connectivity index (χ2n) is 4.91. The van der Waals surface area contributed by atoms with Crippen LogP contribution in [-0.4, -0.2) is 20.3 Å². The Balaban J connectivity index is 1.66. The van der Waals surface area contributed by atoms with Crippen LogP contribution in [0.5, 0.6) is 0 Å². The lowest BCUT2D eigenvalue weighted by atomic mass is 10.2. The largest absolute Gasteiger partial charge is 0.347 e. The molecule has 2 aromatic heterocycles. The Bertz CT molecular complexity index is 790. The topological polar surface area (TPSA) is 51.9 Å². The predicted molar refractivity (Wildman–Crippen MR) is 83.4 cm³/mol. The molecule has 0 bridgehead atoms. The number of hydrogen-bond acceptors (Lipinski definition) is 2. The second-order valence-corrected chi connectivity index (χ2v) is 5.35. The van der Waals surface area contributed by atoms with Crippen molar-refractivity contribution < 1.29 is 4.79 Å². The average Bonchev–Trinajstić information content (AvgIpc) is 3.03. The maximum atomic E-state index is 11.9. The summed E-state index contributed by atoms with van der Waals surface area (Å²) >= 11 is 6.02. The van der Waals surface area contributed by atoms with Crippen molar-refractivity contribution in [1.82, 2.24) is 14.3 Å². The number of fused-ring (bicyclic) bond motifs is 1. The zero-order valence-corrected chi connectivity index (χ0v) is 12.3. The number of carbonyl (C=O) groups is 1. The number of aromatic nitrogens is 3. The summed E-state index contributed by atoms with van der Waals surface area (Å²) in [7, 11) is 1.81. The first-order valence-electron chi connectivity index (χ1n) is 6.65. The summed E-state index contributed by atoms with van der Waals surface area (Å²) in [5.74, 6) is -0.0353. The van der Waals surface area contributed by atoms with Crippen LogP contribution in [0.25, 0.3) is 10.9 Å². The molecule has 0 fully saturated rings. The Kier molecular flexibility index (Phi) is 3.66. The molecule has 6 heteroatoms. The van der Waals surface area contributed by atoms with Crippen molar-refractivity contribution in [3.8, 4) is 0 Å². The zero-order chi connectivity index (χ0) is 14.8. The Labute approximate surface area is 127 Å². The first-order chi connectivity index (χ1) is 10.1. The molecule has 0 aliphatic rings. The summed E-state index contributed by atoms with van der Waals surface area (Å²) in [4.78, 5) is 11.9. The fourth-order valence-corrected chi connectivity index (χ4v) is 2.45. The first kappa shape index (κ1) is 13.7. The fraction of sp³-hybridized carbons (Fsp3) is 0.200. The third kappa shape index (κ3) is 3.08. The highest BCUT2D eigenvalue weighted by Gasteiger charge is 2.06. The number of benzene rings is 1. The molecule has 0 aliphatic heterocycles. The van der Waals surface area contributed by atoms with Gasteiger partial charge in [0.15, 0.2) is 0 Å². The monoisotopic (exact) mass is 302 g/mol. The zero-order valence-electron chi connectivity index (χ0n) is 11.6. The molecule has 0 saturated heterocycles. The van der Waals surface area contributed by atoms with Gasteiger partial charge in [-0.05, 0) is 23.6 Å². The van der Waals surface area contributed by atoms with E-state index < -0.39 is 0 Å². The van der Waals surface area contributed by atoms with Crippen molar-refractivity contribution in [2.45, 2.75) is 13.0 Å². The predicted octanol–water partition coefficient (Wildman–Crippen LogP) is 3.06. The Morgan fingerprint density at radius 1 is 1.38 bits per heavy atom. The standard InChI is InChI=1S/C15H15ClN4O/c1-19-10-13(9-17-19)18-15(21)5-7-20-6-4-11-2-3-12(16)8-14(11)20/h2-4,6,8-10H,5,7H2,1H3,(H,18,21). The number of nitrogens with zero attached hydrogens (tertiary/aromatic N) is 3. The van der Waals surface area contributed by atoms with Crippen LogP contribution in [0.1, 0.15) is 6.42 Å². The first-order valence-corrected chi connectivity index (χ1v) is 7.02. The van der Waals surface area contributed by atoms with Crippen LogP contribution < -0.4 is 5.32 Å². The molecule has 21 heavy (non-hydrogen) atoms. The molecular formula is C15H15ClN4O. The lowest BCUT2D eigenvalue weighted by Gasteiger charge is -2.06. The van der Waals surface area contributed by atoms with Crippen LogP contribution in [0, 0.1) is 0 Å². The van der Waals surface area contributed by atoms with Gasteiger partial charge in [-0.25, -0.2) is 0 Å². The van der Waals surface area contributed by atoms with Crippen LogP contribution in [-0.2, 0) is 18.4 Å². The number of rotatable bonds is 4. The SMILES string of the molecule is Cn1cc(NC(=O)CCn2ccc3ccc(Cl)cc32)cn1. The Morgan fingerprint density at radius 3 is 3.00 bits per heavy atom. The molecule has 3 aromatic rings. The van der Waals surface area contributed by atoms with Gasteiger partial charge < -0.3 is 9.88 Å². The maximum absolute atomic E-state index is 11.9. The van der Waals surface area contributed by atoms with Gasteiger partial charge in [0, 0.05) is 42.9 Å². The molecule has 5 nitrogen and oxygen atoms in total. The van der Waals surface area contributed by atoms with Crippen molar-refractivity contribution >= 4 is 34.1 Å². The summed E-state index contributed by atoms with van der Waals surface area (Å²) in [5.41, 5.74) is 1.75. The summed E-state index contributed by atoms with van der Waals surface area (Å²) in [5, 5.41) is 8.65. The van der Waals surface area contributed by atoms with Gasteiger partial charge in [0.25, 0.3) is 0 Å². The van der Waals surface area contributed by atoms with Gasteiger partial charge in [-0.3, -0.25) is 9.48 Å². The normalized spacial score (nSPS) is 11.0. The molecule has 0 spiro atoms. The van der Waals surface area contributed by atoms with Crippen LogP contribution in [0.4, 0.5) is 5.69 Å². The van der Waals surface area contributed by atoms with Crippen molar-refractivity contribution in [3.63, 3.8) is 0 Å². The Hall–Kier alpha value is -2.27. The highest BCUT2D eigenvalue weighted by Crippen LogP contribution is 2.20. The highest BCUT2D eigenvalue weighted by atomic mass is 35.5. The van der Waals surface area contributed by atoms with Gasteiger partial charge in [0.1, 0.15) is 0 Å². The van der Waals surface area contributed by atoms with Crippen molar-refractivity contribution in [2.75, 3.05) is 5.32 Å². The number of amides is 1. The summed E-state index contributed by atoms with van der Waals surface area (Å²) in [6, 6.07) is 7.77. The highest BCUT2D eigenvalue weighted by molar-refractivity contribution is 6.31. The molecule has 0 radical (unpaired) electrons. The smallest absolute Gasteiger partial charge is 0.226 e. The van der Waals surface area contributed by atoms with Crippen LogP contribution in [0.15, 0.2) is 42.9 Å². The Morgan fingerprint density at radius 2 is 2.24 bits per heavy atom. The van der Waals surface area contributed by atoms with Gasteiger partial charge >= 0.3 is 0 Å². The molecule has 2 heterocycles. The summed E-state index contributed by atoms with van der Waals surface area (Å²) < 4.78 is 3.68. The van der Waals surface area contributed by atoms with E-state index >= 15 is 0 Å². The van der Waals surface area contributed by atoms with Crippen LogP contribution >= 0.6 is 11.6 Å². The lowest BCUT2D eigenvalue weighted by molar-refractivity contribution is -0.116. The number of anilines is 1. The third-order valence-electron chi connectivity index (χ3n) is 3.30. The molecule has 0 saturated carbocycles. The molecule has 0 atom stereocenters. The quantitative estimate of drug-likeness (QED) is 0.805. The van der Waals surface area contributed by atoms with Crippen molar-refractivity contribution in [3.05, 3.63) is 47.9 Å². The van der Waals surface area contributed by atoms with E-state index in [1.807, 2.05) is 42.1 Å². The van der Waals surface area contributed by atoms with E-state index in [9.17, 15) is 4.79 Å². The summed E-state index contributed by atoms with van der Waals surface area (Å²) in [6.45, 7) is 0.607. The van der Waals surface area contributed by atoms with E-state index in [1.165, 1.54) is 0 Å². The average molecular weight is 303 g/mol. The fourth-order valence-electron chi connectivity index (χ4n) is 2.28. The van der Waals surface area contributed by atoms with E-state index in [1.54, 1.807) is 17.1 Å². The van der Waals surface area contributed by atoms with Crippen molar-refractivity contribution in [1.29, 1.82) is 0 Å². The van der Waals surface area contributed by atoms with Gasteiger partial charge in [-0.2, -0.15) is 5.10 Å². The number of carbonyl (C=O) groups excluding carboxylic acids is 1. The number of nitrogens with one attached hydrogen (secondary N) is 1. The molecular weight excluding hydrogens is 288 g/mol. The summed E-state index contributed by atoms with van der Waals surface area (Å²) in [6.07, 6.45) is 5.76. The van der Waals surface area contributed by atoms with Gasteiger partial charge in [0.2, 0.25) is 5.91 Å². The van der Waals surface area contributed by atoms with E-state index in [0.29, 0.717) is 23.7 Å². The van der Waals surface area contributed by atoms with Gasteiger partial charge in [-0.1, -0.05) is 17.7 Å². The maximum Gasteiger partial charge on any atom is 0.226 e. The van der Waals surface area contributed by atoms with Crippen molar-refractivity contribution in [2.24, 2.45) is 7.05 Å². The van der Waals surface area contributed by atoms with Gasteiger partial charge in [-0.15, -0.1) is 0 Å². The molecule has 0 aliphatic carbocycles. The van der Waals surface area contributed by atoms with E-state index in [0.717, 1.165) is 10.9 Å². The van der Waals surface area contributed by atoms with Crippen LogP contribution in [0.3, 0.4) is 0 Å². The molecule has 3 rings (SSSR count).